The number of carbonyl (C=O) groups is 1. The van der Waals surface area contributed by atoms with E-state index in [1.165, 1.54) is 0 Å². The molecule has 1 aliphatic rings. The van der Waals surface area contributed by atoms with E-state index in [9.17, 15) is 4.79 Å². The van der Waals surface area contributed by atoms with Crippen LogP contribution in [0.15, 0.2) is 24.3 Å². The van der Waals surface area contributed by atoms with E-state index in [1.54, 1.807) is 0 Å². The SMILES string of the molecule is CCOCCNC(=O)Nc1ccc(N2C[C@@H](C)O[C@@H](C)C2)cc1. The Morgan fingerprint density at radius 2 is 1.91 bits per heavy atom. The number of anilines is 2. The van der Waals surface area contributed by atoms with Gasteiger partial charge < -0.3 is 25.0 Å². The summed E-state index contributed by atoms with van der Waals surface area (Å²) < 4.78 is 10.9. The van der Waals surface area contributed by atoms with Crippen LogP contribution < -0.4 is 15.5 Å². The van der Waals surface area contributed by atoms with Crippen LogP contribution in [0.2, 0.25) is 0 Å². The predicted molar refractivity (Wildman–Crippen MR) is 92.2 cm³/mol. The molecule has 2 rings (SSSR count). The number of amides is 2. The van der Waals surface area contributed by atoms with Gasteiger partial charge in [-0.25, -0.2) is 4.79 Å². The molecule has 1 saturated heterocycles. The highest BCUT2D eigenvalue weighted by Crippen LogP contribution is 2.22. The van der Waals surface area contributed by atoms with Gasteiger partial charge in [-0.2, -0.15) is 0 Å². The third-order valence-corrected chi connectivity index (χ3v) is 3.65. The fourth-order valence-corrected chi connectivity index (χ4v) is 2.70. The number of hydrogen-bond acceptors (Lipinski definition) is 4. The summed E-state index contributed by atoms with van der Waals surface area (Å²) in [6.45, 7) is 9.55. The Morgan fingerprint density at radius 3 is 2.52 bits per heavy atom. The number of nitrogens with zero attached hydrogens (tertiary/aromatic N) is 1. The highest BCUT2D eigenvalue weighted by atomic mass is 16.5. The molecule has 0 spiro atoms. The Kier molecular flexibility index (Phi) is 6.67. The lowest BCUT2D eigenvalue weighted by atomic mass is 10.2. The topological polar surface area (TPSA) is 62.8 Å². The van der Waals surface area contributed by atoms with Gasteiger partial charge in [-0.3, -0.25) is 0 Å². The van der Waals surface area contributed by atoms with E-state index in [4.69, 9.17) is 9.47 Å². The second-order valence-corrected chi connectivity index (χ2v) is 5.79. The van der Waals surface area contributed by atoms with Crippen molar-refractivity contribution >= 4 is 17.4 Å². The van der Waals surface area contributed by atoms with Gasteiger partial charge in [-0.15, -0.1) is 0 Å². The first-order valence-electron chi connectivity index (χ1n) is 8.21. The van der Waals surface area contributed by atoms with Gasteiger partial charge in [0.25, 0.3) is 0 Å². The number of rotatable bonds is 6. The highest BCUT2D eigenvalue weighted by molar-refractivity contribution is 5.89. The molecule has 23 heavy (non-hydrogen) atoms. The number of morpholine rings is 1. The van der Waals surface area contributed by atoms with Crippen LogP contribution in [0.25, 0.3) is 0 Å². The Balaban J connectivity index is 1.83. The first-order chi connectivity index (χ1) is 11.1. The number of benzene rings is 1. The molecule has 0 unspecified atom stereocenters. The van der Waals surface area contributed by atoms with Crippen LogP contribution in [0.5, 0.6) is 0 Å². The molecule has 0 radical (unpaired) electrons. The molecule has 6 heteroatoms. The summed E-state index contributed by atoms with van der Waals surface area (Å²) in [5.74, 6) is 0. The lowest BCUT2D eigenvalue weighted by Crippen LogP contribution is -2.45. The van der Waals surface area contributed by atoms with Gasteiger partial charge in [0.15, 0.2) is 0 Å². The van der Waals surface area contributed by atoms with Crippen molar-refractivity contribution in [3.05, 3.63) is 24.3 Å². The van der Waals surface area contributed by atoms with Crippen LogP contribution >= 0.6 is 0 Å². The molecule has 0 saturated carbocycles. The maximum atomic E-state index is 11.7. The second kappa shape index (κ2) is 8.74. The van der Waals surface area contributed by atoms with Gasteiger partial charge >= 0.3 is 6.03 Å². The number of urea groups is 1. The van der Waals surface area contributed by atoms with Crippen molar-refractivity contribution in [2.45, 2.75) is 33.0 Å². The first kappa shape index (κ1) is 17.6. The second-order valence-electron chi connectivity index (χ2n) is 5.79. The van der Waals surface area contributed by atoms with Gasteiger partial charge in [-0.1, -0.05) is 0 Å². The zero-order chi connectivity index (χ0) is 16.7. The molecule has 2 amide bonds. The summed E-state index contributed by atoms with van der Waals surface area (Å²) in [5, 5.41) is 5.57. The maximum absolute atomic E-state index is 11.7. The number of ether oxygens (including phenoxy) is 2. The normalized spacial score (nSPS) is 21.1. The van der Waals surface area contributed by atoms with Crippen molar-refractivity contribution in [1.82, 2.24) is 5.32 Å². The lowest BCUT2D eigenvalue weighted by Gasteiger charge is -2.36. The molecule has 1 aliphatic heterocycles. The van der Waals surface area contributed by atoms with Gasteiger partial charge in [-0.05, 0) is 45.0 Å². The molecule has 0 bridgehead atoms. The van der Waals surface area contributed by atoms with E-state index in [-0.39, 0.29) is 18.2 Å². The van der Waals surface area contributed by atoms with E-state index in [1.807, 2.05) is 31.2 Å². The predicted octanol–water partition coefficient (Wildman–Crippen LogP) is 2.46. The Labute approximate surface area is 138 Å². The minimum Gasteiger partial charge on any atom is -0.380 e. The van der Waals surface area contributed by atoms with Crippen LogP contribution in [0, 0.1) is 0 Å². The van der Waals surface area contributed by atoms with Crippen molar-refractivity contribution in [2.24, 2.45) is 0 Å². The summed E-state index contributed by atoms with van der Waals surface area (Å²) in [7, 11) is 0. The smallest absolute Gasteiger partial charge is 0.319 e. The summed E-state index contributed by atoms with van der Waals surface area (Å²) in [4.78, 5) is 14.1. The van der Waals surface area contributed by atoms with Crippen LogP contribution in [-0.2, 0) is 9.47 Å². The fraction of sp³-hybridized carbons (Fsp3) is 0.588. The van der Waals surface area contributed by atoms with E-state index >= 15 is 0 Å². The third-order valence-electron chi connectivity index (χ3n) is 3.65. The fourth-order valence-electron chi connectivity index (χ4n) is 2.70. The van der Waals surface area contributed by atoms with Crippen LogP contribution in [0.1, 0.15) is 20.8 Å². The largest absolute Gasteiger partial charge is 0.380 e. The van der Waals surface area contributed by atoms with Crippen molar-refractivity contribution in [1.29, 1.82) is 0 Å². The van der Waals surface area contributed by atoms with Crippen molar-refractivity contribution < 1.29 is 14.3 Å². The molecular formula is C17H27N3O3. The minimum atomic E-state index is -0.217. The summed E-state index contributed by atoms with van der Waals surface area (Å²) in [6.07, 6.45) is 0.459. The monoisotopic (exact) mass is 321 g/mol. The Morgan fingerprint density at radius 1 is 1.26 bits per heavy atom. The maximum Gasteiger partial charge on any atom is 0.319 e. The molecule has 128 valence electrons. The van der Waals surface area contributed by atoms with Gasteiger partial charge in [0.1, 0.15) is 0 Å². The number of hydrogen-bond donors (Lipinski definition) is 2. The van der Waals surface area contributed by atoms with Crippen LogP contribution in [0.3, 0.4) is 0 Å². The summed E-state index contributed by atoms with van der Waals surface area (Å²) >= 11 is 0. The van der Waals surface area contributed by atoms with Gasteiger partial charge in [0.05, 0.1) is 18.8 Å². The molecule has 1 aromatic rings. The quantitative estimate of drug-likeness (QED) is 0.790. The molecule has 0 aliphatic carbocycles. The minimum absolute atomic E-state index is 0.217. The van der Waals surface area contributed by atoms with Crippen LogP contribution in [-0.4, -0.2) is 51.1 Å². The Hall–Kier alpha value is -1.79. The average molecular weight is 321 g/mol. The van der Waals surface area contributed by atoms with Crippen molar-refractivity contribution in [3.63, 3.8) is 0 Å². The molecule has 6 nitrogen and oxygen atoms in total. The summed E-state index contributed by atoms with van der Waals surface area (Å²) in [6, 6.07) is 7.68. The lowest BCUT2D eigenvalue weighted by molar-refractivity contribution is -0.00521. The molecule has 1 fully saturated rings. The van der Waals surface area contributed by atoms with Crippen molar-refractivity contribution in [3.8, 4) is 0 Å². The zero-order valence-corrected chi connectivity index (χ0v) is 14.2. The van der Waals surface area contributed by atoms with E-state index in [0.29, 0.717) is 19.8 Å². The highest BCUT2D eigenvalue weighted by Gasteiger charge is 2.22. The average Bonchev–Trinajstić information content (AvgIpc) is 2.51. The van der Waals surface area contributed by atoms with E-state index in [2.05, 4.69) is 29.4 Å². The zero-order valence-electron chi connectivity index (χ0n) is 14.2. The molecule has 1 heterocycles. The third kappa shape index (κ3) is 5.73. The van der Waals surface area contributed by atoms with E-state index in [0.717, 1.165) is 24.5 Å². The van der Waals surface area contributed by atoms with E-state index < -0.39 is 0 Å². The first-order valence-corrected chi connectivity index (χ1v) is 8.21. The number of carbonyl (C=O) groups excluding carboxylic acids is 1. The molecule has 2 N–H and O–H groups in total. The van der Waals surface area contributed by atoms with Crippen molar-refractivity contribution in [2.75, 3.05) is 43.1 Å². The summed E-state index contributed by atoms with van der Waals surface area (Å²) in [5.41, 5.74) is 1.92. The molecule has 2 atom stereocenters. The Bertz CT molecular complexity index is 482. The molecule has 0 aromatic heterocycles. The number of nitrogens with one attached hydrogen (secondary N) is 2. The van der Waals surface area contributed by atoms with Gasteiger partial charge in [0.2, 0.25) is 0 Å². The standard InChI is InChI=1S/C17H27N3O3/c1-4-22-10-9-18-17(21)19-15-5-7-16(8-6-15)20-11-13(2)23-14(3)12-20/h5-8,13-14H,4,9-12H2,1-3H3,(H2,18,19,21)/t13-,14+. The van der Waals surface area contributed by atoms with Gasteiger partial charge in [0, 0.05) is 37.6 Å². The van der Waals surface area contributed by atoms with Crippen LogP contribution in [0.4, 0.5) is 16.2 Å². The molecular weight excluding hydrogens is 294 g/mol. The molecule has 1 aromatic carbocycles.